The van der Waals surface area contributed by atoms with Crippen molar-refractivity contribution in [3.8, 4) is 17.1 Å². The van der Waals surface area contributed by atoms with Crippen LogP contribution in [0.5, 0.6) is 0 Å². The van der Waals surface area contributed by atoms with Crippen LogP contribution in [-0.2, 0) is 4.79 Å². The van der Waals surface area contributed by atoms with E-state index in [9.17, 15) is 9.18 Å². The molecule has 1 N–H and O–H groups in total. The van der Waals surface area contributed by atoms with E-state index < -0.39 is 5.97 Å². The topological polar surface area (TPSA) is 80.9 Å². The zero-order valence-corrected chi connectivity index (χ0v) is 12.6. The van der Waals surface area contributed by atoms with Crippen molar-refractivity contribution in [2.45, 2.75) is 5.16 Å². The van der Waals surface area contributed by atoms with Crippen LogP contribution in [0.15, 0.2) is 53.9 Å². The fourth-order valence-corrected chi connectivity index (χ4v) is 2.67. The number of aromatic nitrogens is 4. The van der Waals surface area contributed by atoms with E-state index in [-0.39, 0.29) is 11.6 Å². The normalized spacial score (nSPS) is 10.7. The van der Waals surface area contributed by atoms with Crippen LogP contribution in [0.4, 0.5) is 4.39 Å². The molecule has 0 bridgehead atoms. The van der Waals surface area contributed by atoms with Gasteiger partial charge in [0.2, 0.25) is 0 Å². The molecule has 0 unspecified atom stereocenters. The Balaban J connectivity index is 2.10. The van der Waals surface area contributed by atoms with Crippen LogP contribution >= 0.6 is 11.8 Å². The van der Waals surface area contributed by atoms with Gasteiger partial charge in [0, 0.05) is 23.6 Å². The van der Waals surface area contributed by atoms with Crippen LogP contribution in [0.2, 0.25) is 0 Å². The maximum Gasteiger partial charge on any atom is 0.313 e. The molecule has 0 aliphatic rings. The highest BCUT2D eigenvalue weighted by Crippen LogP contribution is 2.27. The second-order valence-corrected chi connectivity index (χ2v) is 5.48. The van der Waals surface area contributed by atoms with Crippen molar-refractivity contribution >= 4 is 17.7 Å². The van der Waals surface area contributed by atoms with E-state index in [0.717, 1.165) is 17.3 Å². The number of aliphatic carboxylic acids is 1. The Morgan fingerprint density at radius 2 is 1.83 bits per heavy atom. The molecule has 3 rings (SSSR count). The fourth-order valence-electron chi connectivity index (χ4n) is 2.00. The van der Waals surface area contributed by atoms with E-state index in [1.54, 1.807) is 41.2 Å². The lowest BCUT2D eigenvalue weighted by Crippen LogP contribution is -2.03. The van der Waals surface area contributed by atoms with E-state index in [1.165, 1.54) is 12.1 Å². The third-order valence-corrected chi connectivity index (χ3v) is 3.90. The number of hydrogen-bond donors (Lipinski definition) is 1. The number of hydrogen-bond acceptors (Lipinski definition) is 5. The number of carbonyl (C=O) groups is 1. The minimum Gasteiger partial charge on any atom is -0.481 e. The molecule has 0 spiro atoms. The summed E-state index contributed by atoms with van der Waals surface area (Å²) in [5.41, 5.74) is 1.43. The van der Waals surface area contributed by atoms with Crippen molar-refractivity contribution in [3.63, 3.8) is 0 Å². The number of carboxylic acids is 1. The minimum absolute atomic E-state index is 0.143. The van der Waals surface area contributed by atoms with Gasteiger partial charge in [-0.3, -0.25) is 14.3 Å². The van der Waals surface area contributed by atoms with Gasteiger partial charge in [0.05, 0.1) is 5.75 Å². The lowest BCUT2D eigenvalue weighted by molar-refractivity contribution is -0.133. The Morgan fingerprint density at radius 1 is 1.13 bits per heavy atom. The highest BCUT2D eigenvalue weighted by Gasteiger charge is 2.17. The third kappa shape index (κ3) is 3.37. The van der Waals surface area contributed by atoms with Gasteiger partial charge in [0.25, 0.3) is 0 Å². The molecular formula is C15H11FN4O2S. The summed E-state index contributed by atoms with van der Waals surface area (Å²) in [6.45, 7) is 0. The van der Waals surface area contributed by atoms with Gasteiger partial charge in [-0.05, 0) is 36.4 Å². The average Bonchev–Trinajstić information content (AvgIpc) is 2.98. The molecule has 116 valence electrons. The Labute approximate surface area is 135 Å². The fraction of sp³-hybridized carbons (Fsp3) is 0.0667. The molecule has 6 nitrogen and oxygen atoms in total. The van der Waals surface area contributed by atoms with E-state index in [2.05, 4.69) is 15.2 Å². The van der Waals surface area contributed by atoms with Crippen molar-refractivity contribution in [1.29, 1.82) is 0 Å². The Hall–Kier alpha value is -2.74. The molecule has 0 saturated heterocycles. The molecule has 0 aliphatic carbocycles. The largest absolute Gasteiger partial charge is 0.481 e. The zero-order valence-electron chi connectivity index (χ0n) is 11.8. The number of carboxylic acid groups (broad SMARTS) is 1. The van der Waals surface area contributed by atoms with E-state index in [0.29, 0.717) is 16.7 Å². The molecule has 0 fully saturated rings. The summed E-state index contributed by atoms with van der Waals surface area (Å²) in [7, 11) is 0. The molecule has 2 heterocycles. The van der Waals surface area contributed by atoms with Gasteiger partial charge in [0.1, 0.15) is 5.82 Å². The molecule has 8 heteroatoms. The van der Waals surface area contributed by atoms with Crippen molar-refractivity contribution in [2.75, 3.05) is 5.75 Å². The van der Waals surface area contributed by atoms with Gasteiger partial charge in [-0.2, -0.15) is 0 Å². The molecule has 0 radical (unpaired) electrons. The molecule has 0 aliphatic heterocycles. The molecule has 0 atom stereocenters. The number of halogens is 1. The lowest BCUT2D eigenvalue weighted by atomic mass is 10.2. The number of thioether (sulfide) groups is 1. The number of benzene rings is 1. The van der Waals surface area contributed by atoms with Gasteiger partial charge in [-0.25, -0.2) is 4.39 Å². The lowest BCUT2D eigenvalue weighted by Gasteiger charge is -2.09. The van der Waals surface area contributed by atoms with Crippen LogP contribution in [-0.4, -0.2) is 36.6 Å². The summed E-state index contributed by atoms with van der Waals surface area (Å²) in [5, 5.41) is 17.5. The number of pyridine rings is 1. The first-order valence-electron chi connectivity index (χ1n) is 6.61. The van der Waals surface area contributed by atoms with Gasteiger partial charge < -0.3 is 5.11 Å². The summed E-state index contributed by atoms with van der Waals surface area (Å²) in [4.78, 5) is 14.8. The number of rotatable bonds is 5. The van der Waals surface area contributed by atoms with Gasteiger partial charge >= 0.3 is 5.97 Å². The molecular weight excluding hydrogens is 319 g/mol. The monoisotopic (exact) mass is 330 g/mol. The highest BCUT2D eigenvalue weighted by molar-refractivity contribution is 7.99. The first-order valence-corrected chi connectivity index (χ1v) is 7.60. The van der Waals surface area contributed by atoms with Crippen LogP contribution in [0.1, 0.15) is 0 Å². The molecule has 0 amide bonds. The average molecular weight is 330 g/mol. The van der Waals surface area contributed by atoms with Crippen molar-refractivity contribution in [2.24, 2.45) is 0 Å². The molecule has 3 aromatic rings. The Bertz CT molecular complexity index is 821. The van der Waals surface area contributed by atoms with Gasteiger partial charge in [-0.15, -0.1) is 10.2 Å². The zero-order chi connectivity index (χ0) is 16.2. The predicted molar refractivity (Wildman–Crippen MR) is 82.9 cm³/mol. The van der Waals surface area contributed by atoms with Crippen LogP contribution < -0.4 is 0 Å². The predicted octanol–water partition coefficient (Wildman–Crippen LogP) is 2.65. The maximum absolute atomic E-state index is 13.2. The van der Waals surface area contributed by atoms with E-state index in [4.69, 9.17) is 5.11 Å². The van der Waals surface area contributed by atoms with Gasteiger partial charge in [0.15, 0.2) is 11.0 Å². The quantitative estimate of drug-likeness (QED) is 0.724. The van der Waals surface area contributed by atoms with Crippen molar-refractivity contribution in [1.82, 2.24) is 19.7 Å². The van der Waals surface area contributed by atoms with E-state index >= 15 is 0 Å². The SMILES string of the molecule is O=C(O)CSc1nnc(-c2ccncc2)n1-c1ccc(F)cc1. The third-order valence-electron chi connectivity index (χ3n) is 2.98. The van der Waals surface area contributed by atoms with Gasteiger partial charge in [-0.1, -0.05) is 11.8 Å². The highest BCUT2D eigenvalue weighted by atomic mass is 32.2. The molecule has 23 heavy (non-hydrogen) atoms. The first kappa shape index (κ1) is 15.2. The van der Waals surface area contributed by atoms with Crippen molar-refractivity contribution < 1.29 is 14.3 Å². The summed E-state index contributed by atoms with van der Waals surface area (Å²) < 4.78 is 14.9. The molecule has 2 aromatic heterocycles. The Morgan fingerprint density at radius 3 is 2.48 bits per heavy atom. The summed E-state index contributed by atoms with van der Waals surface area (Å²) >= 11 is 1.05. The molecule has 0 saturated carbocycles. The standard InChI is InChI=1S/C15H11FN4O2S/c16-11-1-3-12(4-2-11)20-14(10-5-7-17-8-6-10)18-19-15(20)23-9-13(21)22/h1-8H,9H2,(H,21,22). The Kier molecular flexibility index (Phi) is 4.33. The van der Waals surface area contributed by atoms with Crippen LogP contribution in [0.3, 0.4) is 0 Å². The van der Waals surface area contributed by atoms with Crippen LogP contribution in [0, 0.1) is 5.82 Å². The second kappa shape index (κ2) is 6.57. The van der Waals surface area contributed by atoms with E-state index in [1.807, 2.05) is 0 Å². The second-order valence-electron chi connectivity index (χ2n) is 4.54. The minimum atomic E-state index is -0.950. The van der Waals surface area contributed by atoms with Crippen LogP contribution in [0.25, 0.3) is 17.1 Å². The smallest absolute Gasteiger partial charge is 0.313 e. The summed E-state index contributed by atoms with van der Waals surface area (Å²) in [6, 6.07) is 9.39. The summed E-state index contributed by atoms with van der Waals surface area (Å²) in [6.07, 6.45) is 3.26. The maximum atomic E-state index is 13.2. The molecule has 1 aromatic carbocycles. The first-order chi connectivity index (χ1) is 11.1. The number of nitrogens with zero attached hydrogens (tertiary/aromatic N) is 4. The van der Waals surface area contributed by atoms with Crippen molar-refractivity contribution in [3.05, 3.63) is 54.6 Å². The summed E-state index contributed by atoms with van der Waals surface area (Å²) in [5.74, 6) is -0.914.